The number of hydrogen-bond donors (Lipinski definition) is 0. The third-order valence-corrected chi connectivity index (χ3v) is 1.96. The Bertz CT molecular complexity index is 44.8. The molecule has 0 aliphatic carbocycles. The molecule has 0 spiro atoms. The maximum absolute atomic E-state index is 2.27. The number of unbranched alkanes of at least 4 members (excludes halogenated alkanes) is 7. The second kappa shape index (κ2) is 12.9. The van der Waals surface area contributed by atoms with E-state index in [1.54, 1.807) is 0 Å². The summed E-state index contributed by atoms with van der Waals surface area (Å²) in [6, 6.07) is 0. The molecule has 0 N–H and O–H groups in total. The van der Waals surface area contributed by atoms with E-state index in [4.69, 9.17) is 0 Å². The van der Waals surface area contributed by atoms with E-state index in [-0.39, 0.29) is 12.4 Å². The fourth-order valence-electron chi connectivity index (χ4n) is 1.21. The van der Waals surface area contributed by atoms with Gasteiger partial charge in [0.2, 0.25) is 0 Å². The minimum absolute atomic E-state index is 0. The summed E-state index contributed by atoms with van der Waals surface area (Å²) in [6.07, 6.45) is 11.5. The fraction of sp³-hybridized carbons (Fsp3) is 1.00. The van der Waals surface area contributed by atoms with E-state index in [0.29, 0.717) is 0 Å². The highest BCUT2D eigenvalue weighted by molar-refractivity contribution is 4.43. The highest BCUT2D eigenvalue weighted by atomic mass is 35.5. The molecule has 0 radical (unpaired) electrons. The largest absolute Gasteiger partial charge is 1.00 e. The second-order valence-electron chi connectivity index (χ2n) is 3.12. The van der Waals surface area contributed by atoms with Crippen LogP contribution >= 0.6 is 0 Å². The van der Waals surface area contributed by atoms with Crippen molar-refractivity contribution in [3.63, 3.8) is 0 Å². The summed E-state index contributed by atoms with van der Waals surface area (Å²) in [6.45, 7) is 4.54. The van der Waals surface area contributed by atoms with Gasteiger partial charge in [0.1, 0.15) is 0 Å². The van der Waals surface area contributed by atoms with Gasteiger partial charge in [0.15, 0.2) is 0 Å². The van der Waals surface area contributed by atoms with Crippen LogP contribution in [0.4, 0.5) is 0 Å². The first-order valence-electron chi connectivity index (χ1n) is 4.91. The smallest absolute Gasteiger partial charge is 0.0533 e. The molecule has 11 heavy (non-hydrogen) atoms. The van der Waals surface area contributed by atoms with Crippen LogP contribution in [0.1, 0.15) is 65.2 Å². The van der Waals surface area contributed by atoms with Crippen LogP contribution < -0.4 is 12.4 Å². The van der Waals surface area contributed by atoms with Gasteiger partial charge in [0.05, 0.1) is 0 Å². The van der Waals surface area contributed by atoms with Crippen LogP contribution in [0.3, 0.4) is 0 Å². The highest BCUT2D eigenvalue weighted by Crippen LogP contribution is 2.07. The van der Waals surface area contributed by atoms with Crippen molar-refractivity contribution in [2.75, 3.05) is 0 Å². The SMILES string of the molecule is CCCCCCCCCC.[Cl-]. The van der Waals surface area contributed by atoms with E-state index in [2.05, 4.69) is 13.8 Å². The first-order valence-corrected chi connectivity index (χ1v) is 4.91. The van der Waals surface area contributed by atoms with Gasteiger partial charge < -0.3 is 12.4 Å². The number of halogens is 1. The summed E-state index contributed by atoms with van der Waals surface area (Å²) in [7, 11) is 0. The molecule has 0 saturated heterocycles. The molecule has 0 aliphatic heterocycles. The third-order valence-electron chi connectivity index (χ3n) is 1.96. The quantitative estimate of drug-likeness (QED) is 0.512. The minimum atomic E-state index is 0. The van der Waals surface area contributed by atoms with Crippen molar-refractivity contribution in [1.82, 2.24) is 0 Å². The lowest BCUT2D eigenvalue weighted by Gasteiger charge is -1.97. The van der Waals surface area contributed by atoms with Crippen LogP contribution in [0, 0.1) is 0 Å². The number of hydrogen-bond acceptors (Lipinski definition) is 0. The predicted molar refractivity (Wildman–Crippen MR) is 48.3 cm³/mol. The minimum Gasteiger partial charge on any atom is -1.00 e. The summed E-state index contributed by atoms with van der Waals surface area (Å²) in [5.41, 5.74) is 0. The maximum atomic E-state index is 2.27. The zero-order chi connectivity index (χ0) is 7.66. The molecule has 0 atom stereocenters. The van der Waals surface area contributed by atoms with Gasteiger partial charge in [-0.3, -0.25) is 0 Å². The van der Waals surface area contributed by atoms with Crippen LogP contribution in [0.2, 0.25) is 0 Å². The Labute approximate surface area is 78.2 Å². The Kier molecular flexibility index (Phi) is 16.3. The fourth-order valence-corrected chi connectivity index (χ4v) is 1.21. The van der Waals surface area contributed by atoms with E-state index < -0.39 is 0 Å². The van der Waals surface area contributed by atoms with Crippen molar-refractivity contribution in [2.45, 2.75) is 65.2 Å². The summed E-state index contributed by atoms with van der Waals surface area (Å²) in [5, 5.41) is 0. The van der Waals surface area contributed by atoms with Crippen molar-refractivity contribution < 1.29 is 12.4 Å². The average molecular weight is 178 g/mol. The first-order chi connectivity index (χ1) is 4.91. The first kappa shape index (κ1) is 13.9. The lowest BCUT2D eigenvalue weighted by molar-refractivity contribution is -0.00000236. The molecule has 0 bridgehead atoms. The van der Waals surface area contributed by atoms with E-state index in [9.17, 15) is 0 Å². The topological polar surface area (TPSA) is 0 Å². The summed E-state index contributed by atoms with van der Waals surface area (Å²) in [4.78, 5) is 0. The highest BCUT2D eigenvalue weighted by Gasteiger charge is 1.87. The molecule has 0 unspecified atom stereocenters. The van der Waals surface area contributed by atoms with Crippen LogP contribution in [-0.2, 0) is 0 Å². The van der Waals surface area contributed by atoms with Crippen molar-refractivity contribution >= 4 is 0 Å². The Morgan fingerprint density at radius 3 is 1.09 bits per heavy atom. The Morgan fingerprint density at radius 2 is 0.818 bits per heavy atom. The van der Waals surface area contributed by atoms with Crippen molar-refractivity contribution in [3.05, 3.63) is 0 Å². The molecule has 0 rings (SSSR count). The van der Waals surface area contributed by atoms with E-state index in [1.807, 2.05) is 0 Å². The predicted octanol–water partition coefficient (Wildman–Crippen LogP) is 1.15. The van der Waals surface area contributed by atoms with Crippen LogP contribution in [0.15, 0.2) is 0 Å². The summed E-state index contributed by atoms with van der Waals surface area (Å²) < 4.78 is 0. The zero-order valence-electron chi connectivity index (χ0n) is 8.03. The van der Waals surface area contributed by atoms with Crippen LogP contribution in [0.5, 0.6) is 0 Å². The molecule has 0 nitrogen and oxygen atoms in total. The van der Waals surface area contributed by atoms with Crippen molar-refractivity contribution in [3.8, 4) is 0 Å². The van der Waals surface area contributed by atoms with E-state index in [1.165, 1.54) is 51.4 Å². The van der Waals surface area contributed by atoms with Gasteiger partial charge >= 0.3 is 0 Å². The second-order valence-corrected chi connectivity index (χ2v) is 3.12. The van der Waals surface area contributed by atoms with Gasteiger partial charge in [-0.2, -0.15) is 0 Å². The van der Waals surface area contributed by atoms with Crippen LogP contribution in [-0.4, -0.2) is 0 Å². The average Bonchev–Trinajstić information content (AvgIpc) is 1.97. The molecule has 0 aromatic heterocycles. The maximum Gasteiger partial charge on any atom is -0.0533 e. The molecule has 0 aromatic rings. The van der Waals surface area contributed by atoms with Crippen molar-refractivity contribution in [2.24, 2.45) is 0 Å². The molecule has 0 heterocycles. The monoisotopic (exact) mass is 177 g/mol. The van der Waals surface area contributed by atoms with Gasteiger partial charge in [-0.1, -0.05) is 65.2 Å². The standard InChI is InChI=1S/C10H22.ClH/c1-3-5-7-9-10-8-6-4-2;/h3-10H2,1-2H3;1H/p-1. The van der Waals surface area contributed by atoms with Gasteiger partial charge in [-0.25, -0.2) is 0 Å². The van der Waals surface area contributed by atoms with Gasteiger partial charge in [-0.05, 0) is 0 Å². The molecular weight excluding hydrogens is 156 g/mol. The van der Waals surface area contributed by atoms with Gasteiger partial charge in [0.25, 0.3) is 0 Å². The normalized spacial score (nSPS) is 9.27. The molecule has 0 aromatic carbocycles. The Hall–Kier alpha value is 0.290. The molecule has 1 heteroatoms. The van der Waals surface area contributed by atoms with Gasteiger partial charge in [-0.15, -0.1) is 0 Å². The van der Waals surface area contributed by atoms with Crippen molar-refractivity contribution in [1.29, 1.82) is 0 Å². The lowest BCUT2D eigenvalue weighted by Crippen LogP contribution is -3.00. The molecule has 0 amide bonds. The summed E-state index contributed by atoms with van der Waals surface area (Å²) in [5.74, 6) is 0. The summed E-state index contributed by atoms with van der Waals surface area (Å²) >= 11 is 0. The number of rotatable bonds is 7. The Morgan fingerprint density at radius 1 is 0.545 bits per heavy atom. The molecule has 0 saturated carbocycles. The lowest BCUT2D eigenvalue weighted by atomic mass is 10.1. The Balaban J connectivity index is 0. The van der Waals surface area contributed by atoms with Crippen LogP contribution in [0.25, 0.3) is 0 Å². The van der Waals surface area contributed by atoms with E-state index >= 15 is 0 Å². The molecular formula is C10H22Cl-. The zero-order valence-corrected chi connectivity index (χ0v) is 8.79. The van der Waals surface area contributed by atoms with Gasteiger partial charge in [0, 0.05) is 0 Å². The molecule has 0 fully saturated rings. The molecule has 70 valence electrons. The third kappa shape index (κ3) is 13.3. The van der Waals surface area contributed by atoms with E-state index in [0.717, 1.165) is 0 Å². The molecule has 0 aliphatic rings.